The number of hydrogen-bond acceptors (Lipinski definition) is 10. The molecular weight excluding hydrogens is 639 g/mol. The summed E-state index contributed by atoms with van der Waals surface area (Å²) in [5.74, 6) is -2.67. The van der Waals surface area contributed by atoms with Crippen LogP contribution < -0.4 is 25.2 Å². The molecule has 3 aromatic rings. The van der Waals surface area contributed by atoms with E-state index in [9.17, 15) is 22.8 Å². The van der Waals surface area contributed by atoms with Gasteiger partial charge in [0, 0.05) is 61.5 Å². The fourth-order valence-electron chi connectivity index (χ4n) is 6.34. The monoisotopic (exact) mass is 681 g/mol. The van der Waals surface area contributed by atoms with Crippen LogP contribution in [0, 0.1) is 11.6 Å². The largest absolute Gasteiger partial charge is 0.494 e. The van der Waals surface area contributed by atoms with E-state index in [2.05, 4.69) is 22.2 Å². The van der Waals surface area contributed by atoms with Crippen LogP contribution in [0.25, 0.3) is 0 Å². The number of hydrogen-bond donors (Lipinski definition) is 2. The number of anilines is 6. The minimum atomic E-state index is -1.06. The van der Waals surface area contributed by atoms with Crippen molar-refractivity contribution in [2.45, 2.75) is 57.8 Å². The van der Waals surface area contributed by atoms with Gasteiger partial charge in [-0.15, -0.1) is 0 Å². The minimum Gasteiger partial charge on any atom is -0.494 e. The molecule has 0 aliphatic carbocycles. The smallest absolute Gasteiger partial charge is 0.343 e. The second-order valence-electron chi connectivity index (χ2n) is 13.4. The predicted molar refractivity (Wildman–Crippen MR) is 183 cm³/mol. The van der Waals surface area contributed by atoms with Crippen LogP contribution in [0.15, 0.2) is 43.1 Å². The number of aromatic nitrogens is 2. The number of esters is 1. The van der Waals surface area contributed by atoms with Gasteiger partial charge < -0.3 is 34.8 Å². The summed E-state index contributed by atoms with van der Waals surface area (Å²) in [5, 5.41) is 5.95. The third-order valence-electron chi connectivity index (χ3n) is 8.46. The van der Waals surface area contributed by atoms with Crippen LogP contribution in [0.5, 0.6) is 5.75 Å². The topological polar surface area (TPSA) is 112 Å². The summed E-state index contributed by atoms with van der Waals surface area (Å²) in [6, 6.07) is 5.42. The van der Waals surface area contributed by atoms with Crippen molar-refractivity contribution in [2.75, 3.05) is 61.3 Å². The molecule has 1 aromatic heterocycles. The standard InChI is InChI=1S/C35H42F3N7O4/c1-9-31(46)40-26-13-27(30(48-8)14-29(26)44-16-20(36)10-21(44)17-43(6)7)41-34-39-15-22(33(47)49-19(2)3)32(42-34)45-18-35(4,5)23-11-24(37)25(38)12-28(23)45/h9,11-15,19-21H,1,10,16-18H2,2-8H3,(H,40,46)(H,39,41,42)/t20-,21+/m0/s1. The first-order valence-corrected chi connectivity index (χ1v) is 15.9. The Bertz CT molecular complexity index is 1770. The van der Waals surface area contributed by atoms with Crippen molar-refractivity contribution in [3.63, 3.8) is 0 Å². The van der Waals surface area contributed by atoms with E-state index >= 15 is 0 Å². The first-order chi connectivity index (χ1) is 23.1. The number of carbonyl (C=O) groups is 2. The molecule has 2 atom stereocenters. The van der Waals surface area contributed by atoms with Crippen molar-refractivity contribution in [1.82, 2.24) is 14.9 Å². The molecule has 3 heterocycles. The molecule has 0 radical (unpaired) electrons. The van der Waals surface area contributed by atoms with Gasteiger partial charge in [0.05, 0.1) is 30.3 Å². The van der Waals surface area contributed by atoms with Gasteiger partial charge in [0.2, 0.25) is 11.9 Å². The molecule has 1 saturated heterocycles. The highest BCUT2D eigenvalue weighted by Gasteiger charge is 2.40. The van der Waals surface area contributed by atoms with Crippen molar-refractivity contribution in [3.05, 3.63) is 65.9 Å². The molecule has 14 heteroatoms. The normalized spacial score (nSPS) is 18.1. The summed E-state index contributed by atoms with van der Waals surface area (Å²) >= 11 is 0. The fraction of sp³-hybridized carbons (Fsp3) is 0.429. The Labute approximate surface area is 284 Å². The van der Waals surface area contributed by atoms with Crippen LogP contribution in [-0.2, 0) is 14.9 Å². The summed E-state index contributed by atoms with van der Waals surface area (Å²) in [5.41, 5.74) is 1.58. The van der Waals surface area contributed by atoms with Crippen LogP contribution in [0.4, 0.5) is 47.7 Å². The van der Waals surface area contributed by atoms with Crippen LogP contribution in [0.2, 0.25) is 0 Å². The van der Waals surface area contributed by atoms with Gasteiger partial charge in [-0.2, -0.15) is 4.98 Å². The lowest BCUT2D eigenvalue weighted by Crippen LogP contribution is -2.38. The number of amides is 1. The van der Waals surface area contributed by atoms with Crippen LogP contribution in [0.1, 0.15) is 50.0 Å². The number of carbonyl (C=O) groups excluding carboxylic acids is 2. The maximum atomic E-state index is 14.8. The number of likely N-dealkylation sites (N-methyl/N-ethyl adjacent to an activating group) is 1. The zero-order valence-electron chi connectivity index (χ0n) is 28.7. The Hall–Kier alpha value is -4.85. The molecule has 1 fully saturated rings. The molecule has 0 spiro atoms. The highest BCUT2D eigenvalue weighted by atomic mass is 19.2. The third kappa shape index (κ3) is 7.43. The number of nitrogens with one attached hydrogen (secondary N) is 2. The van der Waals surface area contributed by atoms with Crippen LogP contribution in [-0.4, -0.2) is 85.9 Å². The molecule has 11 nitrogen and oxygen atoms in total. The number of alkyl halides is 1. The van der Waals surface area contributed by atoms with Crippen LogP contribution in [0.3, 0.4) is 0 Å². The van der Waals surface area contributed by atoms with Gasteiger partial charge in [0.15, 0.2) is 17.5 Å². The number of benzene rings is 2. The third-order valence-corrected chi connectivity index (χ3v) is 8.46. The van der Waals surface area contributed by atoms with Gasteiger partial charge in [-0.25, -0.2) is 22.9 Å². The van der Waals surface area contributed by atoms with Gasteiger partial charge in [0.25, 0.3) is 0 Å². The molecule has 262 valence electrons. The van der Waals surface area contributed by atoms with E-state index in [1.165, 1.54) is 13.3 Å². The van der Waals surface area contributed by atoms with Crippen molar-refractivity contribution in [2.24, 2.45) is 0 Å². The molecule has 2 N–H and O–H groups in total. The molecule has 1 amide bonds. The summed E-state index contributed by atoms with van der Waals surface area (Å²) in [6.07, 6.45) is 1.26. The molecule has 2 aromatic carbocycles. The number of fused-ring (bicyclic) bond motifs is 1. The Morgan fingerprint density at radius 3 is 2.51 bits per heavy atom. The first kappa shape index (κ1) is 35.5. The molecule has 0 unspecified atom stereocenters. The lowest BCUT2D eigenvalue weighted by molar-refractivity contribution is -0.111. The number of ether oxygens (including phenoxy) is 2. The van der Waals surface area contributed by atoms with E-state index in [1.807, 2.05) is 37.7 Å². The number of halogens is 3. The van der Waals surface area contributed by atoms with E-state index in [-0.39, 0.29) is 36.5 Å². The van der Waals surface area contributed by atoms with Gasteiger partial charge in [-0.3, -0.25) is 4.79 Å². The fourth-order valence-corrected chi connectivity index (χ4v) is 6.34. The van der Waals surface area contributed by atoms with E-state index in [0.717, 1.165) is 18.2 Å². The minimum absolute atomic E-state index is 0.0237. The van der Waals surface area contributed by atoms with Crippen molar-refractivity contribution < 1.29 is 32.2 Å². The molecule has 2 aliphatic heterocycles. The Morgan fingerprint density at radius 2 is 1.86 bits per heavy atom. The maximum absolute atomic E-state index is 14.8. The zero-order chi connectivity index (χ0) is 35.8. The second-order valence-corrected chi connectivity index (χ2v) is 13.4. The SMILES string of the molecule is C=CC(=O)Nc1cc(Nc2ncc(C(=O)OC(C)C)c(N3CC(C)(C)c4cc(F)c(F)cc43)n2)c(OC)cc1N1C[C@@H](F)C[C@@H]1CN(C)C. The summed E-state index contributed by atoms with van der Waals surface area (Å²) in [4.78, 5) is 40.4. The highest BCUT2D eigenvalue weighted by Crippen LogP contribution is 2.46. The van der Waals surface area contributed by atoms with Crippen molar-refractivity contribution >= 4 is 46.4 Å². The van der Waals surface area contributed by atoms with Crippen LogP contribution >= 0.6 is 0 Å². The number of rotatable bonds is 11. The van der Waals surface area contributed by atoms with Gasteiger partial charge in [-0.05, 0) is 51.7 Å². The highest BCUT2D eigenvalue weighted by molar-refractivity contribution is 6.02. The average molecular weight is 682 g/mol. The first-order valence-electron chi connectivity index (χ1n) is 15.9. The van der Waals surface area contributed by atoms with Crippen molar-refractivity contribution in [1.29, 1.82) is 0 Å². The molecule has 5 rings (SSSR count). The summed E-state index contributed by atoms with van der Waals surface area (Å²) < 4.78 is 54.9. The lowest BCUT2D eigenvalue weighted by atomic mass is 9.87. The van der Waals surface area contributed by atoms with E-state index in [4.69, 9.17) is 14.5 Å². The summed E-state index contributed by atoms with van der Waals surface area (Å²) in [6.45, 7) is 11.7. The summed E-state index contributed by atoms with van der Waals surface area (Å²) in [7, 11) is 5.30. The van der Waals surface area contributed by atoms with E-state index in [1.54, 1.807) is 30.9 Å². The lowest BCUT2D eigenvalue weighted by Gasteiger charge is -2.31. The predicted octanol–water partition coefficient (Wildman–Crippen LogP) is 6.10. The maximum Gasteiger partial charge on any atom is 0.343 e. The molecule has 49 heavy (non-hydrogen) atoms. The Morgan fingerprint density at radius 1 is 1.14 bits per heavy atom. The van der Waals surface area contributed by atoms with Gasteiger partial charge in [-0.1, -0.05) is 20.4 Å². The Balaban J connectivity index is 1.61. The molecular formula is C35H42F3N7O4. The van der Waals surface area contributed by atoms with Gasteiger partial charge >= 0.3 is 5.97 Å². The van der Waals surface area contributed by atoms with Gasteiger partial charge in [0.1, 0.15) is 17.5 Å². The Kier molecular flexibility index (Phi) is 10.1. The van der Waals surface area contributed by atoms with E-state index in [0.29, 0.717) is 47.0 Å². The molecule has 0 bridgehead atoms. The molecule has 0 saturated carbocycles. The van der Waals surface area contributed by atoms with Crippen molar-refractivity contribution in [3.8, 4) is 5.75 Å². The molecule has 2 aliphatic rings. The quantitative estimate of drug-likeness (QED) is 0.182. The number of methoxy groups -OCH3 is 1. The van der Waals surface area contributed by atoms with E-state index < -0.39 is 41.2 Å². The number of nitrogens with zero attached hydrogens (tertiary/aromatic N) is 5. The average Bonchev–Trinajstić information content (AvgIpc) is 3.51. The second kappa shape index (κ2) is 13.9. The zero-order valence-corrected chi connectivity index (χ0v) is 28.7.